The van der Waals surface area contributed by atoms with Gasteiger partial charge in [-0.2, -0.15) is 5.06 Å². The lowest BCUT2D eigenvalue weighted by Crippen LogP contribution is -2.24. The van der Waals surface area contributed by atoms with Gasteiger partial charge >= 0.3 is 0 Å². The van der Waals surface area contributed by atoms with E-state index in [2.05, 4.69) is 30.8 Å². The summed E-state index contributed by atoms with van der Waals surface area (Å²) in [6, 6.07) is 8.45. The molecule has 2 rings (SSSR count). The summed E-state index contributed by atoms with van der Waals surface area (Å²) in [6.45, 7) is 6.14. The maximum absolute atomic E-state index is 5.63. The summed E-state index contributed by atoms with van der Waals surface area (Å²) in [5.74, 6) is 0. The first kappa shape index (κ1) is 9.44. The number of hydroxylamine groups is 2. The van der Waals surface area contributed by atoms with E-state index in [1.807, 2.05) is 11.1 Å². The van der Waals surface area contributed by atoms with Crippen LogP contribution in [0.5, 0.6) is 0 Å². The van der Waals surface area contributed by atoms with Crippen molar-refractivity contribution >= 4 is 0 Å². The number of rotatable bonds is 2. The van der Waals surface area contributed by atoms with Crippen molar-refractivity contribution in [3.8, 4) is 0 Å². The quantitative estimate of drug-likeness (QED) is 0.661. The molecule has 74 valence electrons. The van der Waals surface area contributed by atoms with E-state index in [1.54, 1.807) is 0 Å². The maximum atomic E-state index is 5.63. The Kier molecular flexibility index (Phi) is 2.96. The van der Waals surface area contributed by atoms with Gasteiger partial charge in [-0.15, -0.1) is 6.58 Å². The summed E-state index contributed by atoms with van der Waals surface area (Å²) >= 11 is 0. The van der Waals surface area contributed by atoms with Gasteiger partial charge in [0.05, 0.1) is 6.61 Å². The standard InChI is InChI=1S/C12H15NO/c1-2-8-13-9-7-11-5-3-4-6-12(11)10-14-13/h2-6H,1,7-10H2. The molecular weight excluding hydrogens is 174 g/mol. The van der Waals surface area contributed by atoms with Crippen molar-refractivity contribution in [3.63, 3.8) is 0 Å². The Morgan fingerprint density at radius 2 is 2.14 bits per heavy atom. The maximum Gasteiger partial charge on any atom is 0.0938 e. The van der Waals surface area contributed by atoms with Crippen LogP contribution in [0.25, 0.3) is 0 Å². The van der Waals surface area contributed by atoms with Crippen LogP contribution in [0.3, 0.4) is 0 Å². The van der Waals surface area contributed by atoms with Crippen LogP contribution in [0.1, 0.15) is 11.1 Å². The Balaban J connectivity index is 2.10. The number of nitrogens with zero attached hydrogens (tertiary/aromatic N) is 1. The molecule has 0 unspecified atom stereocenters. The van der Waals surface area contributed by atoms with E-state index >= 15 is 0 Å². The van der Waals surface area contributed by atoms with Crippen LogP contribution >= 0.6 is 0 Å². The van der Waals surface area contributed by atoms with Gasteiger partial charge in [-0.1, -0.05) is 30.3 Å². The van der Waals surface area contributed by atoms with E-state index in [0.29, 0.717) is 6.61 Å². The van der Waals surface area contributed by atoms with Crippen molar-refractivity contribution in [1.82, 2.24) is 5.06 Å². The molecule has 0 radical (unpaired) electrons. The number of benzene rings is 1. The SMILES string of the molecule is C=CCN1CCc2ccccc2CO1. The van der Waals surface area contributed by atoms with Gasteiger partial charge in [-0.3, -0.25) is 4.84 Å². The molecule has 0 N–H and O–H groups in total. The fourth-order valence-corrected chi connectivity index (χ4v) is 1.70. The number of hydrogen-bond acceptors (Lipinski definition) is 2. The molecule has 2 heteroatoms. The summed E-state index contributed by atoms with van der Waals surface area (Å²) in [5, 5.41) is 1.97. The summed E-state index contributed by atoms with van der Waals surface area (Å²) in [6.07, 6.45) is 2.93. The molecule has 1 aromatic rings. The average molecular weight is 189 g/mol. The molecule has 1 aliphatic heterocycles. The minimum atomic E-state index is 0.685. The Labute approximate surface area is 84.8 Å². The Morgan fingerprint density at radius 1 is 1.36 bits per heavy atom. The highest BCUT2D eigenvalue weighted by Crippen LogP contribution is 2.15. The Hall–Kier alpha value is -1.12. The van der Waals surface area contributed by atoms with E-state index in [0.717, 1.165) is 19.5 Å². The highest BCUT2D eigenvalue weighted by Gasteiger charge is 2.12. The first-order valence-corrected chi connectivity index (χ1v) is 4.95. The summed E-state index contributed by atoms with van der Waals surface area (Å²) in [5.41, 5.74) is 2.71. The molecule has 2 nitrogen and oxygen atoms in total. The molecule has 0 saturated carbocycles. The summed E-state index contributed by atoms with van der Waals surface area (Å²) in [7, 11) is 0. The molecule has 1 aromatic carbocycles. The van der Waals surface area contributed by atoms with E-state index in [4.69, 9.17) is 4.84 Å². The fourth-order valence-electron chi connectivity index (χ4n) is 1.70. The van der Waals surface area contributed by atoms with Gasteiger partial charge in [0.15, 0.2) is 0 Å². The molecule has 0 atom stereocenters. The molecule has 0 saturated heterocycles. The summed E-state index contributed by atoms with van der Waals surface area (Å²) < 4.78 is 0. The first-order chi connectivity index (χ1) is 6.90. The normalized spacial score (nSPS) is 17.1. The van der Waals surface area contributed by atoms with Crippen molar-refractivity contribution < 1.29 is 4.84 Å². The van der Waals surface area contributed by atoms with E-state index in [-0.39, 0.29) is 0 Å². The van der Waals surface area contributed by atoms with Crippen LogP contribution in [-0.4, -0.2) is 18.2 Å². The Bertz CT molecular complexity index is 295. The molecule has 0 aromatic heterocycles. The second kappa shape index (κ2) is 4.40. The smallest absolute Gasteiger partial charge is 0.0938 e. The van der Waals surface area contributed by atoms with Crippen molar-refractivity contribution in [2.45, 2.75) is 13.0 Å². The lowest BCUT2D eigenvalue weighted by atomic mass is 10.1. The van der Waals surface area contributed by atoms with Crippen LogP contribution in [0, 0.1) is 0 Å². The zero-order valence-electron chi connectivity index (χ0n) is 8.28. The van der Waals surface area contributed by atoms with Crippen molar-refractivity contribution in [3.05, 3.63) is 48.0 Å². The predicted molar refractivity (Wildman–Crippen MR) is 56.7 cm³/mol. The lowest BCUT2D eigenvalue weighted by Gasteiger charge is -2.16. The zero-order chi connectivity index (χ0) is 9.80. The lowest BCUT2D eigenvalue weighted by molar-refractivity contribution is -0.157. The van der Waals surface area contributed by atoms with Crippen LogP contribution < -0.4 is 0 Å². The van der Waals surface area contributed by atoms with Gasteiger partial charge in [0, 0.05) is 13.1 Å². The molecule has 0 spiro atoms. The first-order valence-electron chi connectivity index (χ1n) is 4.95. The second-order valence-corrected chi connectivity index (χ2v) is 3.47. The minimum absolute atomic E-state index is 0.685. The van der Waals surface area contributed by atoms with E-state index in [1.165, 1.54) is 11.1 Å². The van der Waals surface area contributed by atoms with Crippen LogP contribution in [0.15, 0.2) is 36.9 Å². The highest BCUT2D eigenvalue weighted by atomic mass is 16.7. The van der Waals surface area contributed by atoms with Gasteiger partial charge < -0.3 is 0 Å². The molecule has 0 fully saturated rings. The van der Waals surface area contributed by atoms with E-state index in [9.17, 15) is 0 Å². The average Bonchev–Trinajstić information content (AvgIpc) is 2.42. The molecule has 0 bridgehead atoms. The monoisotopic (exact) mass is 189 g/mol. The number of fused-ring (bicyclic) bond motifs is 1. The Morgan fingerprint density at radius 3 is 2.93 bits per heavy atom. The minimum Gasteiger partial charge on any atom is -0.294 e. The fraction of sp³-hybridized carbons (Fsp3) is 0.333. The van der Waals surface area contributed by atoms with Crippen LogP contribution in [0.2, 0.25) is 0 Å². The van der Waals surface area contributed by atoms with Gasteiger partial charge in [0.2, 0.25) is 0 Å². The number of hydrogen-bond donors (Lipinski definition) is 0. The van der Waals surface area contributed by atoms with Crippen molar-refractivity contribution in [1.29, 1.82) is 0 Å². The third-order valence-electron chi connectivity index (χ3n) is 2.48. The molecular formula is C12H15NO. The van der Waals surface area contributed by atoms with Gasteiger partial charge in [0.1, 0.15) is 0 Å². The van der Waals surface area contributed by atoms with Crippen molar-refractivity contribution in [2.75, 3.05) is 13.1 Å². The largest absolute Gasteiger partial charge is 0.294 e. The molecule has 1 aliphatic rings. The molecule has 14 heavy (non-hydrogen) atoms. The molecule has 0 aliphatic carbocycles. The second-order valence-electron chi connectivity index (χ2n) is 3.47. The van der Waals surface area contributed by atoms with Gasteiger partial charge in [-0.05, 0) is 17.5 Å². The molecule has 0 amide bonds. The van der Waals surface area contributed by atoms with Gasteiger partial charge in [0.25, 0.3) is 0 Å². The van der Waals surface area contributed by atoms with Crippen LogP contribution in [-0.2, 0) is 17.9 Å². The van der Waals surface area contributed by atoms with Gasteiger partial charge in [-0.25, -0.2) is 0 Å². The van der Waals surface area contributed by atoms with E-state index < -0.39 is 0 Å². The third kappa shape index (κ3) is 2.03. The zero-order valence-corrected chi connectivity index (χ0v) is 8.28. The highest BCUT2D eigenvalue weighted by molar-refractivity contribution is 5.27. The van der Waals surface area contributed by atoms with Crippen molar-refractivity contribution in [2.24, 2.45) is 0 Å². The van der Waals surface area contributed by atoms with Crippen LogP contribution in [0.4, 0.5) is 0 Å². The predicted octanol–water partition coefficient (Wildman–Crippen LogP) is 2.16. The summed E-state index contributed by atoms with van der Waals surface area (Å²) in [4.78, 5) is 5.63. The molecule has 1 heterocycles. The third-order valence-corrected chi connectivity index (χ3v) is 2.48. The topological polar surface area (TPSA) is 12.5 Å².